The molecule has 0 bridgehead atoms. The van der Waals surface area contributed by atoms with Gasteiger partial charge in [-0.05, 0) is 32.3 Å². The number of ether oxygens (including phenoxy) is 1. The normalized spacial score (nSPS) is 24.3. The Morgan fingerprint density at radius 3 is 2.95 bits per heavy atom. The molecular formula is C14H18N2O2S. The molecule has 2 aromatic heterocycles. The van der Waals surface area contributed by atoms with E-state index >= 15 is 0 Å². The maximum absolute atomic E-state index is 10.1. The number of aryl methyl sites for hydroxylation is 1. The van der Waals surface area contributed by atoms with E-state index in [1.54, 1.807) is 11.3 Å². The molecule has 3 rings (SSSR count). The standard InChI is InChI=1S/C14H18N2O2S/c1-9-15-10-7-8-13(16-14(10)19-9)18-12-6-4-2-3-5-11(12)17/h7-8,11-12,17H,2-6H2,1H3. The van der Waals surface area contributed by atoms with Crippen molar-refractivity contribution in [3.8, 4) is 5.88 Å². The van der Waals surface area contributed by atoms with Crippen LogP contribution in [0.15, 0.2) is 12.1 Å². The number of hydrogen-bond donors (Lipinski definition) is 1. The lowest BCUT2D eigenvalue weighted by atomic mass is 10.1. The summed E-state index contributed by atoms with van der Waals surface area (Å²) in [6, 6.07) is 3.78. The quantitative estimate of drug-likeness (QED) is 0.858. The van der Waals surface area contributed by atoms with Crippen LogP contribution in [0.5, 0.6) is 5.88 Å². The largest absolute Gasteiger partial charge is 0.472 e. The average Bonchev–Trinajstić information content (AvgIpc) is 2.64. The summed E-state index contributed by atoms with van der Waals surface area (Å²) >= 11 is 1.57. The minimum Gasteiger partial charge on any atom is -0.472 e. The molecule has 19 heavy (non-hydrogen) atoms. The molecule has 1 aliphatic rings. The van der Waals surface area contributed by atoms with E-state index < -0.39 is 0 Å². The second-order valence-corrected chi connectivity index (χ2v) is 6.25. The number of pyridine rings is 1. The van der Waals surface area contributed by atoms with Gasteiger partial charge in [0.2, 0.25) is 5.88 Å². The van der Waals surface area contributed by atoms with Gasteiger partial charge in [0.15, 0.2) is 0 Å². The lowest BCUT2D eigenvalue weighted by Gasteiger charge is -2.21. The Balaban J connectivity index is 1.79. The number of aliphatic hydroxyl groups is 1. The Morgan fingerprint density at radius 1 is 1.21 bits per heavy atom. The van der Waals surface area contributed by atoms with E-state index in [0.717, 1.165) is 41.0 Å². The fourth-order valence-electron chi connectivity index (χ4n) is 2.52. The zero-order valence-electron chi connectivity index (χ0n) is 11.0. The molecule has 0 aromatic carbocycles. The van der Waals surface area contributed by atoms with Crippen LogP contribution >= 0.6 is 11.3 Å². The average molecular weight is 278 g/mol. The number of nitrogens with zero attached hydrogens (tertiary/aromatic N) is 2. The maximum Gasteiger partial charge on any atom is 0.215 e. The first kappa shape index (κ1) is 12.8. The summed E-state index contributed by atoms with van der Waals surface area (Å²) in [4.78, 5) is 9.76. The fourth-order valence-corrected chi connectivity index (χ4v) is 3.30. The molecule has 1 saturated carbocycles. The molecule has 0 radical (unpaired) electrons. The first-order chi connectivity index (χ1) is 9.22. The van der Waals surface area contributed by atoms with Crippen LogP contribution in [0, 0.1) is 6.92 Å². The van der Waals surface area contributed by atoms with Gasteiger partial charge in [0.25, 0.3) is 0 Å². The lowest BCUT2D eigenvalue weighted by Crippen LogP contribution is -2.30. The minimum atomic E-state index is -0.372. The molecule has 0 saturated heterocycles. The third-order valence-electron chi connectivity index (χ3n) is 3.53. The van der Waals surface area contributed by atoms with Crippen LogP contribution in [-0.4, -0.2) is 27.3 Å². The molecule has 4 nitrogen and oxygen atoms in total. The summed E-state index contributed by atoms with van der Waals surface area (Å²) in [5.74, 6) is 0.599. The number of thiazole rings is 1. The number of fused-ring (bicyclic) bond motifs is 1. The smallest absolute Gasteiger partial charge is 0.215 e. The maximum atomic E-state index is 10.1. The van der Waals surface area contributed by atoms with Gasteiger partial charge in [-0.3, -0.25) is 0 Å². The summed E-state index contributed by atoms with van der Waals surface area (Å²) in [6.07, 6.45) is 4.61. The van der Waals surface area contributed by atoms with Gasteiger partial charge in [-0.25, -0.2) is 9.97 Å². The van der Waals surface area contributed by atoms with Crippen molar-refractivity contribution in [1.29, 1.82) is 0 Å². The number of aliphatic hydroxyl groups excluding tert-OH is 1. The van der Waals surface area contributed by atoms with Gasteiger partial charge in [-0.1, -0.05) is 24.2 Å². The molecule has 2 unspecified atom stereocenters. The van der Waals surface area contributed by atoms with Crippen molar-refractivity contribution in [2.75, 3.05) is 0 Å². The predicted octanol–water partition coefficient (Wildman–Crippen LogP) is 3.07. The Hall–Kier alpha value is -1.20. The first-order valence-electron chi connectivity index (χ1n) is 6.81. The molecule has 2 atom stereocenters. The number of aromatic nitrogens is 2. The molecule has 2 aromatic rings. The Kier molecular flexibility index (Phi) is 3.66. The molecule has 5 heteroatoms. The zero-order chi connectivity index (χ0) is 13.2. The highest BCUT2D eigenvalue weighted by Crippen LogP contribution is 2.25. The lowest BCUT2D eigenvalue weighted by molar-refractivity contribution is 0.0295. The predicted molar refractivity (Wildman–Crippen MR) is 75.7 cm³/mol. The van der Waals surface area contributed by atoms with Crippen LogP contribution in [0.25, 0.3) is 10.3 Å². The van der Waals surface area contributed by atoms with Crippen LogP contribution < -0.4 is 4.74 Å². The van der Waals surface area contributed by atoms with Crippen molar-refractivity contribution in [3.05, 3.63) is 17.1 Å². The van der Waals surface area contributed by atoms with Gasteiger partial charge in [-0.15, -0.1) is 0 Å². The van der Waals surface area contributed by atoms with Crippen molar-refractivity contribution < 1.29 is 9.84 Å². The second kappa shape index (κ2) is 5.43. The van der Waals surface area contributed by atoms with Gasteiger partial charge < -0.3 is 9.84 Å². The van der Waals surface area contributed by atoms with E-state index in [9.17, 15) is 5.11 Å². The minimum absolute atomic E-state index is 0.124. The van der Waals surface area contributed by atoms with Crippen molar-refractivity contribution in [1.82, 2.24) is 9.97 Å². The van der Waals surface area contributed by atoms with Crippen LogP contribution in [0.3, 0.4) is 0 Å². The monoisotopic (exact) mass is 278 g/mol. The highest BCUT2D eigenvalue weighted by molar-refractivity contribution is 7.18. The molecule has 0 amide bonds. The van der Waals surface area contributed by atoms with Crippen LogP contribution in [0.2, 0.25) is 0 Å². The number of hydrogen-bond acceptors (Lipinski definition) is 5. The summed E-state index contributed by atoms with van der Waals surface area (Å²) < 4.78 is 5.88. The summed E-state index contributed by atoms with van der Waals surface area (Å²) in [7, 11) is 0. The summed E-state index contributed by atoms with van der Waals surface area (Å²) in [5, 5.41) is 11.1. The van der Waals surface area contributed by atoms with Crippen molar-refractivity contribution in [3.63, 3.8) is 0 Å². The van der Waals surface area contributed by atoms with Crippen LogP contribution in [0.4, 0.5) is 0 Å². The molecular weight excluding hydrogens is 260 g/mol. The van der Waals surface area contributed by atoms with Crippen LogP contribution in [0.1, 0.15) is 37.1 Å². The number of rotatable bonds is 2. The van der Waals surface area contributed by atoms with E-state index in [-0.39, 0.29) is 12.2 Å². The van der Waals surface area contributed by atoms with Crippen molar-refractivity contribution >= 4 is 21.7 Å². The highest BCUT2D eigenvalue weighted by Gasteiger charge is 2.23. The van der Waals surface area contributed by atoms with E-state index in [1.807, 2.05) is 19.1 Å². The summed E-state index contributed by atoms with van der Waals surface area (Å²) in [5.41, 5.74) is 0.913. The van der Waals surface area contributed by atoms with Gasteiger partial charge in [0.1, 0.15) is 16.5 Å². The molecule has 1 fully saturated rings. The van der Waals surface area contributed by atoms with E-state index in [1.165, 1.54) is 6.42 Å². The molecule has 0 spiro atoms. The van der Waals surface area contributed by atoms with E-state index in [4.69, 9.17) is 4.74 Å². The SMILES string of the molecule is Cc1nc2ccc(OC3CCCCCC3O)nc2s1. The van der Waals surface area contributed by atoms with Gasteiger partial charge in [0.05, 0.1) is 11.1 Å². The molecule has 1 N–H and O–H groups in total. The molecule has 0 aliphatic heterocycles. The zero-order valence-corrected chi connectivity index (χ0v) is 11.8. The summed E-state index contributed by atoms with van der Waals surface area (Å²) in [6.45, 7) is 1.97. The van der Waals surface area contributed by atoms with E-state index in [0.29, 0.717) is 5.88 Å². The first-order valence-corrected chi connectivity index (χ1v) is 7.63. The molecule has 1 aliphatic carbocycles. The third-order valence-corrected chi connectivity index (χ3v) is 4.41. The highest BCUT2D eigenvalue weighted by atomic mass is 32.1. The second-order valence-electron chi connectivity index (χ2n) is 5.07. The van der Waals surface area contributed by atoms with E-state index in [2.05, 4.69) is 9.97 Å². The fraction of sp³-hybridized carbons (Fsp3) is 0.571. The Bertz CT molecular complexity index is 570. The van der Waals surface area contributed by atoms with Gasteiger partial charge >= 0.3 is 0 Å². The molecule has 2 heterocycles. The van der Waals surface area contributed by atoms with Gasteiger partial charge in [-0.2, -0.15) is 0 Å². The third kappa shape index (κ3) is 2.87. The Morgan fingerprint density at radius 2 is 2.05 bits per heavy atom. The molecule has 102 valence electrons. The van der Waals surface area contributed by atoms with Crippen LogP contribution in [-0.2, 0) is 0 Å². The Labute approximate surface area is 116 Å². The van der Waals surface area contributed by atoms with Crippen molar-refractivity contribution in [2.45, 2.75) is 51.2 Å². The van der Waals surface area contributed by atoms with Gasteiger partial charge in [0, 0.05) is 6.07 Å². The van der Waals surface area contributed by atoms with Crippen molar-refractivity contribution in [2.24, 2.45) is 0 Å². The topological polar surface area (TPSA) is 55.2 Å².